The summed E-state index contributed by atoms with van der Waals surface area (Å²) in [5, 5.41) is 18.3. The van der Waals surface area contributed by atoms with Crippen LogP contribution < -0.4 is 5.48 Å². The maximum absolute atomic E-state index is 11.9. The zero-order valence-corrected chi connectivity index (χ0v) is 7.33. The molecule has 0 aliphatic heterocycles. The van der Waals surface area contributed by atoms with Crippen LogP contribution in [0.5, 0.6) is 0 Å². The Morgan fingerprint density at radius 2 is 2.00 bits per heavy atom. The minimum atomic E-state index is -1.11. The molecule has 0 amide bonds. The van der Waals surface area contributed by atoms with Gasteiger partial charge in [0.25, 0.3) is 0 Å². The Kier molecular flexibility index (Phi) is 6.18. The molecule has 3 N–H and O–H groups in total. The lowest BCUT2D eigenvalue weighted by molar-refractivity contribution is -0.0160. The highest BCUT2D eigenvalue weighted by atomic mass is 19.1. The molecule has 0 aromatic carbocycles. The minimum Gasteiger partial charge on any atom is -0.391 e. The van der Waals surface area contributed by atoms with Crippen molar-refractivity contribution in [1.82, 2.24) is 5.48 Å². The molecule has 12 heavy (non-hydrogen) atoms. The van der Waals surface area contributed by atoms with E-state index in [1.54, 1.807) is 6.92 Å². The highest BCUT2D eigenvalue weighted by molar-refractivity contribution is 4.72. The molecule has 0 aliphatic rings. The van der Waals surface area contributed by atoms with Gasteiger partial charge in [-0.05, 0) is 0 Å². The van der Waals surface area contributed by atoms with Crippen LogP contribution >= 0.6 is 0 Å². The highest BCUT2D eigenvalue weighted by Gasteiger charge is 2.21. The van der Waals surface area contributed by atoms with Gasteiger partial charge in [0.15, 0.2) is 0 Å². The molecule has 5 heteroatoms. The molecule has 0 heterocycles. The first kappa shape index (κ1) is 11.8. The first-order valence-corrected chi connectivity index (χ1v) is 3.81. The molecular weight excluding hydrogens is 165 g/mol. The number of hydroxylamine groups is 1. The summed E-state index contributed by atoms with van der Waals surface area (Å²) in [6.07, 6.45) is -1.92. The number of rotatable bonds is 6. The summed E-state index contributed by atoms with van der Waals surface area (Å²) < 4.78 is 11.9. The van der Waals surface area contributed by atoms with E-state index in [0.717, 1.165) is 0 Å². The molecule has 4 nitrogen and oxygen atoms in total. The number of nitrogens with one attached hydrogen (secondary N) is 1. The van der Waals surface area contributed by atoms with Gasteiger partial charge < -0.3 is 15.1 Å². The number of aliphatic hydroxyl groups is 2. The van der Waals surface area contributed by atoms with E-state index in [1.807, 2.05) is 0 Å². The van der Waals surface area contributed by atoms with Gasteiger partial charge in [-0.25, -0.2) is 9.87 Å². The van der Waals surface area contributed by atoms with E-state index in [-0.39, 0.29) is 6.54 Å². The van der Waals surface area contributed by atoms with Crippen molar-refractivity contribution in [2.75, 3.05) is 20.3 Å². The van der Waals surface area contributed by atoms with Crippen molar-refractivity contribution in [1.29, 1.82) is 0 Å². The molecule has 0 bridgehead atoms. The molecule has 0 rings (SSSR count). The van der Waals surface area contributed by atoms with Crippen LogP contribution in [0.15, 0.2) is 0 Å². The standard InChI is InChI=1S/C7H16FNO3/c1-5(6(10)3-8)7(11)4-9-12-2/h5-7,9-11H,3-4H2,1-2H3/t5?,6-,7+/m1/s1. The number of halogens is 1. The summed E-state index contributed by atoms with van der Waals surface area (Å²) >= 11 is 0. The molecule has 0 radical (unpaired) electrons. The lowest BCUT2D eigenvalue weighted by Crippen LogP contribution is -2.37. The zero-order chi connectivity index (χ0) is 9.56. The van der Waals surface area contributed by atoms with Crippen molar-refractivity contribution >= 4 is 0 Å². The Labute approximate surface area is 71.3 Å². The van der Waals surface area contributed by atoms with E-state index >= 15 is 0 Å². The fourth-order valence-electron chi connectivity index (χ4n) is 0.752. The van der Waals surface area contributed by atoms with Crippen LogP contribution in [0, 0.1) is 5.92 Å². The fraction of sp³-hybridized carbons (Fsp3) is 1.00. The van der Waals surface area contributed by atoms with Gasteiger partial charge >= 0.3 is 0 Å². The number of alkyl halides is 1. The highest BCUT2D eigenvalue weighted by Crippen LogP contribution is 2.08. The van der Waals surface area contributed by atoms with Gasteiger partial charge in [0.2, 0.25) is 0 Å². The summed E-state index contributed by atoms with van der Waals surface area (Å²) in [6, 6.07) is 0. The molecule has 0 aromatic heterocycles. The van der Waals surface area contributed by atoms with E-state index in [9.17, 15) is 9.50 Å². The Bertz CT molecular complexity index is 115. The van der Waals surface area contributed by atoms with Gasteiger partial charge in [0.1, 0.15) is 6.67 Å². The lowest BCUT2D eigenvalue weighted by Gasteiger charge is -2.21. The average molecular weight is 181 g/mol. The largest absolute Gasteiger partial charge is 0.391 e. The molecule has 0 saturated heterocycles. The van der Waals surface area contributed by atoms with Gasteiger partial charge in [-0.15, -0.1) is 0 Å². The third kappa shape index (κ3) is 3.96. The molecular formula is C7H16FNO3. The lowest BCUT2D eigenvalue weighted by atomic mass is 9.99. The minimum absolute atomic E-state index is 0.175. The van der Waals surface area contributed by atoms with Crippen LogP contribution in [0.25, 0.3) is 0 Å². The predicted molar refractivity (Wildman–Crippen MR) is 42.2 cm³/mol. The van der Waals surface area contributed by atoms with Crippen molar-refractivity contribution in [2.24, 2.45) is 5.92 Å². The van der Waals surface area contributed by atoms with E-state index in [0.29, 0.717) is 0 Å². The quantitative estimate of drug-likeness (QED) is 0.482. The average Bonchev–Trinajstić information content (AvgIpc) is 2.11. The second kappa shape index (κ2) is 6.30. The SMILES string of the molecule is CONC[C@H](O)C(C)[C@H](O)CF. The molecule has 74 valence electrons. The van der Waals surface area contributed by atoms with Crippen molar-refractivity contribution in [3.05, 3.63) is 0 Å². The molecule has 0 saturated carbocycles. The second-order valence-electron chi connectivity index (χ2n) is 2.70. The number of aliphatic hydroxyl groups excluding tert-OH is 2. The van der Waals surface area contributed by atoms with Crippen LogP contribution in [0.1, 0.15) is 6.92 Å². The summed E-state index contributed by atoms with van der Waals surface area (Å²) in [5.41, 5.74) is 2.42. The monoisotopic (exact) mass is 181 g/mol. The van der Waals surface area contributed by atoms with Crippen LogP contribution in [-0.2, 0) is 4.84 Å². The third-order valence-electron chi connectivity index (χ3n) is 1.81. The Morgan fingerprint density at radius 3 is 2.42 bits per heavy atom. The number of hydrogen-bond donors (Lipinski definition) is 3. The van der Waals surface area contributed by atoms with E-state index in [1.165, 1.54) is 7.11 Å². The van der Waals surface area contributed by atoms with Crippen molar-refractivity contribution < 1.29 is 19.4 Å². The van der Waals surface area contributed by atoms with Gasteiger partial charge in [-0.2, -0.15) is 0 Å². The first-order valence-electron chi connectivity index (χ1n) is 3.81. The predicted octanol–water partition coefficient (Wildman–Crippen LogP) is -0.535. The number of hydrogen-bond acceptors (Lipinski definition) is 4. The normalized spacial score (nSPS) is 18.8. The third-order valence-corrected chi connectivity index (χ3v) is 1.81. The molecule has 0 aliphatic carbocycles. The van der Waals surface area contributed by atoms with Gasteiger partial charge in [0, 0.05) is 12.5 Å². The zero-order valence-electron chi connectivity index (χ0n) is 7.33. The van der Waals surface area contributed by atoms with Crippen molar-refractivity contribution in [3.63, 3.8) is 0 Å². The topological polar surface area (TPSA) is 61.7 Å². The van der Waals surface area contributed by atoms with E-state index in [2.05, 4.69) is 10.3 Å². The van der Waals surface area contributed by atoms with Gasteiger partial charge in [-0.3, -0.25) is 0 Å². The molecule has 0 spiro atoms. The summed E-state index contributed by atoms with van der Waals surface area (Å²) in [7, 11) is 1.42. The molecule has 3 atom stereocenters. The van der Waals surface area contributed by atoms with Gasteiger partial charge in [0.05, 0.1) is 19.3 Å². The Hall–Kier alpha value is -0.230. The maximum Gasteiger partial charge on any atom is 0.116 e. The summed E-state index contributed by atoms with van der Waals surface area (Å²) in [4.78, 5) is 4.49. The van der Waals surface area contributed by atoms with Crippen LogP contribution in [0.2, 0.25) is 0 Å². The van der Waals surface area contributed by atoms with Crippen LogP contribution in [-0.4, -0.2) is 42.8 Å². The van der Waals surface area contributed by atoms with E-state index < -0.39 is 24.8 Å². The van der Waals surface area contributed by atoms with Gasteiger partial charge in [-0.1, -0.05) is 6.92 Å². The Morgan fingerprint density at radius 1 is 1.42 bits per heavy atom. The van der Waals surface area contributed by atoms with Crippen LogP contribution in [0.3, 0.4) is 0 Å². The van der Waals surface area contributed by atoms with Crippen molar-refractivity contribution in [3.8, 4) is 0 Å². The Balaban J connectivity index is 3.67. The molecule has 1 unspecified atom stereocenters. The first-order chi connectivity index (χ1) is 5.63. The molecule has 0 fully saturated rings. The fourth-order valence-corrected chi connectivity index (χ4v) is 0.752. The van der Waals surface area contributed by atoms with Crippen LogP contribution in [0.4, 0.5) is 4.39 Å². The van der Waals surface area contributed by atoms with Crippen molar-refractivity contribution in [2.45, 2.75) is 19.1 Å². The maximum atomic E-state index is 11.9. The smallest absolute Gasteiger partial charge is 0.116 e. The summed E-state index contributed by atoms with van der Waals surface area (Å²) in [6.45, 7) is 0.909. The molecule has 0 aromatic rings. The second-order valence-corrected chi connectivity index (χ2v) is 2.70. The summed E-state index contributed by atoms with van der Waals surface area (Å²) in [5.74, 6) is -0.502. The van der Waals surface area contributed by atoms with E-state index in [4.69, 9.17) is 5.11 Å².